The molecule has 0 fully saturated rings. The fourth-order valence-electron chi connectivity index (χ4n) is 1.80. The number of fused-ring (bicyclic) bond motifs is 1. The first kappa shape index (κ1) is 11.7. The zero-order valence-corrected chi connectivity index (χ0v) is 9.90. The summed E-state index contributed by atoms with van der Waals surface area (Å²) < 4.78 is 11.1. The van der Waals surface area contributed by atoms with E-state index in [9.17, 15) is 0 Å². The van der Waals surface area contributed by atoms with Crippen LogP contribution in [0.25, 0.3) is 0 Å². The third-order valence-corrected chi connectivity index (χ3v) is 2.64. The van der Waals surface area contributed by atoms with Gasteiger partial charge in [-0.3, -0.25) is 5.32 Å². The van der Waals surface area contributed by atoms with Crippen molar-refractivity contribution in [2.45, 2.75) is 19.4 Å². The van der Waals surface area contributed by atoms with Gasteiger partial charge in [0.2, 0.25) is 0 Å². The van der Waals surface area contributed by atoms with Gasteiger partial charge in [-0.2, -0.15) is 5.26 Å². The van der Waals surface area contributed by atoms with E-state index < -0.39 is 0 Å². The van der Waals surface area contributed by atoms with Gasteiger partial charge >= 0.3 is 0 Å². The van der Waals surface area contributed by atoms with E-state index in [1.54, 1.807) is 0 Å². The molecule has 0 bridgehead atoms. The second-order valence-corrected chi connectivity index (χ2v) is 3.88. The summed E-state index contributed by atoms with van der Waals surface area (Å²) in [7, 11) is 0. The summed E-state index contributed by atoms with van der Waals surface area (Å²) in [5.41, 5.74) is 0.915. The van der Waals surface area contributed by atoms with Crippen LogP contribution >= 0.6 is 0 Å². The number of rotatable bonds is 3. The Balaban J connectivity index is 2.25. The van der Waals surface area contributed by atoms with E-state index in [2.05, 4.69) is 11.4 Å². The Morgan fingerprint density at radius 1 is 1.35 bits per heavy atom. The Morgan fingerprint density at radius 2 is 2.12 bits per heavy atom. The Labute approximate surface area is 101 Å². The Bertz CT molecular complexity index is 426. The largest absolute Gasteiger partial charge is 0.490 e. The van der Waals surface area contributed by atoms with Crippen molar-refractivity contribution < 1.29 is 9.47 Å². The standard InChI is InChI=1S/C13H16N2O2/c1-2-15-11(9-14)10-4-5-12-13(8-10)17-7-3-6-16-12/h4-5,8,11,15H,2-3,6-7H2,1H3. The molecule has 1 aromatic rings. The van der Waals surface area contributed by atoms with E-state index in [0.29, 0.717) is 13.2 Å². The molecule has 1 aliphatic heterocycles. The van der Waals surface area contributed by atoms with Crippen LogP contribution in [0.5, 0.6) is 11.5 Å². The van der Waals surface area contributed by atoms with E-state index >= 15 is 0 Å². The highest BCUT2D eigenvalue weighted by molar-refractivity contribution is 5.45. The molecule has 1 aliphatic rings. The predicted molar refractivity (Wildman–Crippen MR) is 64.1 cm³/mol. The highest BCUT2D eigenvalue weighted by Gasteiger charge is 2.15. The minimum Gasteiger partial charge on any atom is -0.490 e. The van der Waals surface area contributed by atoms with Crippen LogP contribution in [0, 0.1) is 11.3 Å². The van der Waals surface area contributed by atoms with Crippen LogP contribution in [0.15, 0.2) is 18.2 Å². The van der Waals surface area contributed by atoms with Crippen LogP contribution < -0.4 is 14.8 Å². The number of ether oxygens (including phenoxy) is 2. The Morgan fingerprint density at radius 3 is 2.82 bits per heavy atom. The number of nitrogens with zero attached hydrogens (tertiary/aromatic N) is 1. The van der Waals surface area contributed by atoms with Crippen LogP contribution in [-0.2, 0) is 0 Å². The van der Waals surface area contributed by atoms with Crippen LogP contribution in [0.4, 0.5) is 0 Å². The maximum absolute atomic E-state index is 9.09. The van der Waals surface area contributed by atoms with Gasteiger partial charge in [0.15, 0.2) is 11.5 Å². The molecule has 1 N–H and O–H groups in total. The summed E-state index contributed by atoms with van der Waals surface area (Å²) in [4.78, 5) is 0. The molecule has 1 unspecified atom stereocenters. The average molecular weight is 232 g/mol. The van der Waals surface area contributed by atoms with Crippen molar-refractivity contribution in [1.29, 1.82) is 5.26 Å². The molecule has 0 amide bonds. The highest BCUT2D eigenvalue weighted by atomic mass is 16.5. The van der Waals surface area contributed by atoms with Crippen molar-refractivity contribution in [1.82, 2.24) is 5.32 Å². The molecule has 17 heavy (non-hydrogen) atoms. The fraction of sp³-hybridized carbons (Fsp3) is 0.462. The van der Waals surface area contributed by atoms with Crippen molar-refractivity contribution in [3.8, 4) is 17.6 Å². The first-order valence-electron chi connectivity index (χ1n) is 5.87. The molecule has 0 aliphatic carbocycles. The molecule has 0 aromatic heterocycles. The van der Waals surface area contributed by atoms with E-state index in [-0.39, 0.29) is 6.04 Å². The molecular weight excluding hydrogens is 216 g/mol. The molecule has 4 heteroatoms. The number of hydrogen-bond acceptors (Lipinski definition) is 4. The van der Waals surface area contributed by atoms with Crippen LogP contribution in [0.3, 0.4) is 0 Å². The van der Waals surface area contributed by atoms with Gasteiger partial charge in [-0.05, 0) is 24.2 Å². The number of nitrogens with one attached hydrogen (secondary N) is 1. The van der Waals surface area contributed by atoms with E-state index in [4.69, 9.17) is 14.7 Å². The summed E-state index contributed by atoms with van der Waals surface area (Å²) in [6.07, 6.45) is 0.888. The molecule has 4 nitrogen and oxygen atoms in total. The van der Waals surface area contributed by atoms with Gasteiger partial charge in [-0.25, -0.2) is 0 Å². The van der Waals surface area contributed by atoms with Gasteiger partial charge in [-0.15, -0.1) is 0 Å². The van der Waals surface area contributed by atoms with Crippen LogP contribution in [0.1, 0.15) is 24.9 Å². The van der Waals surface area contributed by atoms with Gasteiger partial charge < -0.3 is 9.47 Å². The second kappa shape index (κ2) is 5.55. The molecule has 2 rings (SSSR count). The molecule has 1 atom stereocenters. The molecule has 1 aromatic carbocycles. The van der Waals surface area contributed by atoms with Crippen molar-refractivity contribution in [2.24, 2.45) is 0 Å². The maximum Gasteiger partial charge on any atom is 0.161 e. The van der Waals surface area contributed by atoms with Crippen LogP contribution in [-0.4, -0.2) is 19.8 Å². The third kappa shape index (κ3) is 2.69. The normalized spacial score (nSPS) is 15.8. The minimum absolute atomic E-state index is 0.294. The van der Waals surface area contributed by atoms with E-state index in [0.717, 1.165) is 30.0 Å². The molecule has 0 saturated carbocycles. The summed E-state index contributed by atoms with van der Waals surface area (Å²) >= 11 is 0. The number of benzene rings is 1. The summed E-state index contributed by atoms with van der Waals surface area (Å²) in [5.74, 6) is 1.50. The predicted octanol–water partition coefficient (Wildman–Crippen LogP) is 2.02. The van der Waals surface area contributed by atoms with Gasteiger partial charge in [-0.1, -0.05) is 13.0 Å². The average Bonchev–Trinajstić information content (AvgIpc) is 2.60. The fourth-order valence-corrected chi connectivity index (χ4v) is 1.80. The highest BCUT2D eigenvalue weighted by Crippen LogP contribution is 2.32. The van der Waals surface area contributed by atoms with Crippen molar-refractivity contribution in [3.63, 3.8) is 0 Å². The van der Waals surface area contributed by atoms with Gasteiger partial charge in [0.05, 0.1) is 19.3 Å². The Kier molecular flexibility index (Phi) is 3.84. The van der Waals surface area contributed by atoms with E-state index in [1.165, 1.54) is 0 Å². The summed E-state index contributed by atoms with van der Waals surface area (Å²) in [5, 5.41) is 12.2. The smallest absolute Gasteiger partial charge is 0.161 e. The second-order valence-electron chi connectivity index (χ2n) is 3.88. The van der Waals surface area contributed by atoms with Crippen molar-refractivity contribution in [3.05, 3.63) is 23.8 Å². The lowest BCUT2D eigenvalue weighted by Crippen LogP contribution is -2.19. The summed E-state index contributed by atoms with van der Waals surface area (Å²) in [6, 6.07) is 7.61. The topological polar surface area (TPSA) is 54.3 Å². The number of nitriles is 1. The maximum atomic E-state index is 9.09. The molecular formula is C13H16N2O2. The lowest BCUT2D eigenvalue weighted by atomic mass is 10.1. The monoisotopic (exact) mass is 232 g/mol. The first-order valence-corrected chi connectivity index (χ1v) is 5.87. The van der Waals surface area contributed by atoms with Gasteiger partial charge in [0, 0.05) is 6.42 Å². The molecule has 90 valence electrons. The van der Waals surface area contributed by atoms with Gasteiger partial charge in [0.1, 0.15) is 6.04 Å². The van der Waals surface area contributed by atoms with E-state index in [1.807, 2.05) is 25.1 Å². The molecule has 1 heterocycles. The lowest BCUT2D eigenvalue weighted by Gasteiger charge is -2.13. The lowest BCUT2D eigenvalue weighted by molar-refractivity contribution is 0.297. The third-order valence-electron chi connectivity index (χ3n) is 2.64. The van der Waals surface area contributed by atoms with Crippen LogP contribution in [0.2, 0.25) is 0 Å². The zero-order chi connectivity index (χ0) is 12.1. The molecule has 0 saturated heterocycles. The molecule has 0 radical (unpaired) electrons. The first-order chi connectivity index (χ1) is 8.35. The zero-order valence-electron chi connectivity index (χ0n) is 9.90. The number of hydrogen-bond donors (Lipinski definition) is 1. The van der Waals surface area contributed by atoms with Crippen molar-refractivity contribution in [2.75, 3.05) is 19.8 Å². The SMILES string of the molecule is CCNC(C#N)c1ccc2c(c1)OCCCO2. The van der Waals surface area contributed by atoms with Gasteiger partial charge in [0.25, 0.3) is 0 Å². The van der Waals surface area contributed by atoms with Crippen molar-refractivity contribution >= 4 is 0 Å². The summed E-state index contributed by atoms with van der Waals surface area (Å²) in [6.45, 7) is 4.08. The minimum atomic E-state index is -0.294. The quantitative estimate of drug-likeness (QED) is 0.866. The molecule has 0 spiro atoms. The Hall–Kier alpha value is -1.73.